The summed E-state index contributed by atoms with van der Waals surface area (Å²) in [6.45, 7) is 4.94. The normalized spacial score (nSPS) is 15.5. The van der Waals surface area contributed by atoms with Gasteiger partial charge >= 0.3 is 0 Å². The molecule has 0 atom stereocenters. The van der Waals surface area contributed by atoms with Gasteiger partial charge in [0.25, 0.3) is 0 Å². The van der Waals surface area contributed by atoms with Crippen molar-refractivity contribution in [2.45, 2.75) is 19.4 Å². The van der Waals surface area contributed by atoms with Crippen molar-refractivity contribution in [3.05, 3.63) is 41.4 Å². The Kier molecular flexibility index (Phi) is 6.55. The van der Waals surface area contributed by atoms with E-state index in [0.29, 0.717) is 13.0 Å². The number of benzene rings is 1. The van der Waals surface area contributed by atoms with Crippen molar-refractivity contribution in [3.8, 4) is 10.6 Å². The molecule has 2 heterocycles. The predicted octanol–water partition coefficient (Wildman–Crippen LogP) is 2.88. The van der Waals surface area contributed by atoms with Crippen molar-refractivity contribution in [2.24, 2.45) is 0 Å². The van der Waals surface area contributed by atoms with Crippen LogP contribution in [0.15, 0.2) is 35.7 Å². The Morgan fingerprint density at radius 3 is 2.68 bits per heavy atom. The van der Waals surface area contributed by atoms with Gasteiger partial charge in [-0.05, 0) is 6.42 Å². The van der Waals surface area contributed by atoms with Gasteiger partial charge in [0.2, 0.25) is 5.91 Å². The minimum Gasteiger partial charge on any atom is -0.385 e. The molecule has 3 rings (SSSR count). The number of piperazine rings is 1. The molecule has 25 heavy (non-hydrogen) atoms. The summed E-state index contributed by atoms with van der Waals surface area (Å²) in [6, 6.07) is 10.3. The maximum Gasteiger partial charge on any atom is 0.222 e. The van der Waals surface area contributed by atoms with Crippen molar-refractivity contribution in [1.82, 2.24) is 14.8 Å². The predicted molar refractivity (Wildman–Crippen MR) is 101 cm³/mol. The van der Waals surface area contributed by atoms with Crippen LogP contribution in [0.1, 0.15) is 18.5 Å². The molecule has 2 aromatic rings. The minimum atomic E-state index is 0.247. The number of thiazole rings is 1. The molecule has 0 bridgehead atoms. The van der Waals surface area contributed by atoms with Crippen molar-refractivity contribution in [2.75, 3.05) is 39.9 Å². The number of amides is 1. The molecule has 0 unspecified atom stereocenters. The van der Waals surface area contributed by atoms with E-state index in [1.807, 2.05) is 23.1 Å². The third-order valence-electron chi connectivity index (χ3n) is 4.42. The van der Waals surface area contributed by atoms with Crippen LogP contribution >= 0.6 is 11.3 Å². The van der Waals surface area contributed by atoms with Gasteiger partial charge in [-0.2, -0.15) is 0 Å². The van der Waals surface area contributed by atoms with Crippen LogP contribution in [-0.4, -0.2) is 60.6 Å². The summed E-state index contributed by atoms with van der Waals surface area (Å²) in [5.74, 6) is 0.247. The Hall–Kier alpha value is -1.76. The molecule has 1 saturated heterocycles. The SMILES string of the molecule is COCCCC(=O)N1CCN(Cc2csc(-c3ccccc3)n2)CC1. The first kappa shape index (κ1) is 18.0. The average molecular weight is 359 g/mol. The molecule has 5 nitrogen and oxygen atoms in total. The largest absolute Gasteiger partial charge is 0.385 e. The molecular weight excluding hydrogens is 334 g/mol. The number of hydrogen-bond donors (Lipinski definition) is 0. The lowest BCUT2D eigenvalue weighted by atomic mass is 10.2. The van der Waals surface area contributed by atoms with Gasteiger partial charge in [-0.1, -0.05) is 30.3 Å². The maximum absolute atomic E-state index is 12.1. The molecule has 0 saturated carbocycles. The van der Waals surface area contributed by atoms with Gasteiger partial charge in [-0.3, -0.25) is 9.69 Å². The Labute approximate surface area is 153 Å². The number of ether oxygens (including phenoxy) is 1. The van der Waals surface area contributed by atoms with E-state index in [0.717, 1.165) is 49.8 Å². The summed E-state index contributed by atoms with van der Waals surface area (Å²) < 4.78 is 5.01. The van der Waals surface area contributed by atoms with E-state index >= 15 is 0 Å². The number of nitrogens with zero attached hydrogens (tertiary/aromatic N) is 3. The van der Waals surface area contributed by atoms with E-state index < -0.39 is 0 Å². The van der Waals surface area contributed by atoms with E-state index in [1.54, 1.807) is 18.4 Å². The number of hydrogen-bond acceptors (Lipinski definition) is 5. The number of carbonyl (C=O) groups is 1. The summed E-state index contributed by atoms with van der Waals surface area (Å²) in [6.07, 6.45) is 1.39. The van der Waals surface area contributed by atoms with Gasteiger partial charge in [0.15, 0.2) is 0 Å². The molecule has 1 aliphatic rings. The van der Waals surface area contributed by atoms with Gasteiger partial charge in [-0.15, -0.1) is 11.3 Å². The number of rotatable bonds is 7. The van der Waals surface area contributed by atoms with E-state index in [1.165, 1.54) is 5.56 Å². The first-order valence-electron chi connectivity index (χ1n) is 8.75. The Morgan fingerprint density at radius 1 is 1.20 bits per heavy atom. The molecule has 134 valence electrons. The van der Waals surface area contributed by atoms with E-state index in [2.05, 4.69) is 22.4 Å². The molecule has 0 N–H and O–H groups in total. The summed E-state index contributed by atoms with van der Waals surface area (Å²) in [4.78, 5) is 21.3. The summed E-state index contributed by atoms with van der Waals surface area (Å²) in [5.41, 5.74) is 2.29. The Bertz CT molecular complexity index is 666. The monoisotopic (exact) mass is 359 g/mol. The van der Waals surface area contributed by atoms with Crippen LogP contribution in [0.3, 0.4) is 0 Å². The fraction of sp³-hybridized carbons (Fsp3) is 0.474. The van der Waals surface area contributed by atoms with Gasteiger partial charge < -0.3 is 9.64 Å². The summed E-state index contributed by atoms with van der Waals surface area (Å²) in [5, 5.41) is 3.22. The third kappa shape index (κ3) is 5.11. The topological polar surface area (TPSA) is 45.7 Å². The second kappa shape index (κ2) is 9.08. The average Bonchev–Trinajstić information content (AvgIpc) is 3.12. The molecule has 1 fully saturated rings. The highest BCUT2D eigenvalue weighted by Gasteiger charge is 2.21. The molecular formula is C19H25N3O2S. The highest BCUT2D eigenvalue weighted by Crippen LogP contribution is 2.24. The number of carbonyl (C=O) groups excluding carboxylic acids is 1. The van der Waals surface area contributed by atoms with Crippen LogP contribution in [0, 0.1) is 0 Å². The molecule has 1 aromatic heterocycles. The zero-order valence-electron chi connectivity index (χ0n) is 14.7. The lowest BCUT2D eigenvalue weighted by Crippen LogP contribution is -2.48. The zero-order valence-corrected chi connectivity index (χ0v) is 15.5. The van der Waals surface area contributed by atoms with Crippen LogP contribution in [-0.2, 0) is 16.1 Å². The zero-order chi connectivity index (χ0) is 17.5. The highest BCUT2D eigenvalue weighted by molar-refractivity contribution is 7.13. The lowest BCUT2D eigenvalue weighted by Gasteiger charge is -2.34. The molecule has 1 aliphatic heterocycles. The minimum absolute atomic E-state index is 0.247. The highest BCUT2D eigenvalue weighted by atomic mass is 32.1. The fourth-order valence-corrected chi connectivity index (χ4v) is 3.82. The second-order valence-corrected chi connectivity index (χ2v) is 7.12. The molecule has 0 radical (unpaired) electrons. The molecule has 6 heteroatoms. The van der Waals surface area contributed by atoms with E-state index in [9.17, 15) is 4.79 Å². The second-order valence-electron chi connectivity index (χ2n) is 6.26. The van der Waals surface area contributed by atoms with Crippen molar-refractivity contribution in [3.63, 3.8) is 0 Å². The Balaban J connectivity index is 1.46. The first-order chi connectivity index (χ1) is 12.3. The van der Waals surface area contributed by atoms with E-state index in [4.69, 9.17) is 9.72 Å². The van der Waals surface area contributed by atoms with Crippen molar-refractivity contribution >= 4 is 17.2 Å². The standard InChI is InChI=1S/C19H25N3O2S/c1-24-13-5-8-18(23)22-11-9-21(10-12-22)14-17-15-25-19(20-17)16-6-3-2-4-7-16/h2-4,6-7,15H,5,8-14H2,1H3. The molecule has 0 spiro atoms. The number of methoxy groups -OCH3 is 1. The fourth-order valence-electron chi connectivity index (χ4n) is 3.00. The third-order valence-corrected chi connectivity index (χ3v) is 5.36. The van der Waals surface area contributed by atoms with Crippen LogP contribution < -0.4 is 0 Å². The van der Waals surface area contributed by atoms with Crippen LogP contribution in [0.25, 0.3) is 10.6 Å². The van der Waals surface area contributed by atoms with Crippen molar-refractivity contribution in [1.29, 1.82) is 0 Å². The van der Waals surface area contributed by atoms with Crippen LogP contribution in [0.4, 0.5) is 0 Å². The van der Waals surface area contributed by atoms with Crippen LogP contribution in [0.5, 0.6) is 0 Å². The van der Waals surface area contributed by atoms with E-state index in [-0.39, 0.29) is 5.91 Å². The Morgan fingerprint density at radius 2 is 1.96 bits per heavy atom. The van der Waals surface area contributed by atoms with Gasteiger partial charge in [0.1, 0.15) is 5.01 Å². The van der Waals surface area contributed by atoms with Gasteiger partial charge in [0.05, 0.1) is 5.69 Å². The lowest BCUT2D eigenvalue weighted by molar-refractivity contribution is -0.133. The molecule has 1 amide bonds. The summed E-state index contributed by atoms with van der Waals surface area (Å²) >= 11 is 1.69. The van der Waals surface area contributed by atoms with Gasteiger partial charge in [0, 0.05) is 63.8 Å². The maximum atomic E-state index is 12.1. The molecule has 0 aliphatic carbocycles. The smallest absolute Gasteiger partial charge is 0.222 e. The molecule has 1 aromatic carbocycles. The summed E-state index contributed by atoms with van der Waals surface area (Å²) in [7, 11) is 1.67. The first-order valence-corrected chi connectivity index (χ1v) is 9.63. The van der Waals surface area contributed by atoms with Crippen molar-refractivity contribution < 1.29 is 9.53 Å². The van der Waals surface area contributed by atoms with Crippen LogP contribution in [0.2, 0.25) is 0 Å². The number of aromatic nitrogens is 1. The van der Waals surface area contributed by atoms with Gasteiger partial charge in [-0.25, -0.2) is 4.98 Å². The quantitative estimate of drug-likeness (QED) is 0.713.